The predicted molar refractivity (Wildman–Crippen MR) is 118 cm³/mol. The summed E-state index contributed by atoms with van der Waals surface area (Å²) in [6, 6.07) is 16.3. The molecule has 1 aliphatic heterocycles. The fraction of sp³-hybridized carbons (Fsp3) is 0.391. The Labute approximate surface area is 184 Å². The first kappa shape index (κ1) is 22.9. The van der Waals surface area contributed by atoms with Gasteiger partial charge in [-0.05, 0) is 50.2 Å². The van der Waals surface area contributed by atoms with Crippen LogP contribution in [0.15, 0.2) is 53.4 Å². The number of carbonyl (C=O) groups excluding carboxylic acids is 1. The number of hydrogen-bond acceptors (Lipinski definition) is 5. The van der Waals surface area contributed by atoms with Crippen molar-refractivity contribution in [3.63, 3.8) is 0 Å². The van der Waals surface area contributed by atoms with Crippen molar-refractivity contribution in [3.05, 3.63) is 65.2 Å². The Morgan fingerprint density at radius 2 is 1.71 bits per heavy atom. The van der Waals surface area contributed by atoms with Crippen molar-refractivity contribution in [1.82, 2.24) is 14.5 Å². The lowest BCUT2D eigenvalue weighted by Gasteiger charge is -2.30. The van der Waals surface area contributed by atoms with Gasteiger partial charge in [0, 0.05) is 32.1 Å². The van der Waals surface area contributed by atoms with Crippen LogP contribution in [0.2, 0.25) is 0 Å². The maximum absolute atomic E-state index is 12.9. The number of hydrogen-bond donors (Lipinski definition) is 1. The second kappa shape index (κ2) is 10.1. The lowest BCUT2D eigenvalue weighted by atomic mass is 9.97. The molecule has 0 aliphatic carbocycles. The second-order valence-electron chi connectivity index (χ2n) is 8.06. The van der Waals surface area contributed by atoms with Gasteiger partial charge in [-0.25, -0.2) is 8.42 Å². The minimum Gasteiger partial charge on any atom is -0.352 e. The molecule has 2 aromatic carbocycles. The Kier molecular flexibility index (Phi) is 7.44. The SMILES string of the molecule is CN(C)Cc1ccc(CNC(=O)C2CCN(S(=O)(=O)c3ccccc3C#N)CC2)cc1. The molecule has 0 spiro atoms. The molecule has 0 bridgehead atoms. The smallest absolute Gasteiger partial charge is 0.244 e. The summed E-state index contributed by atoms with van der Waals surface area (Å²) in [4.78, 5) is 14.7. The van der Waals surface area contributed by atoms with Crippen molar-refractivity contribution in [2.24, 2.45) is 5.92 Å². The highest BCUT2D eigenvalue weighted by Crippen LogP contribution is 2.25. The summed E-state index contributed by atoms with van der Waals surface area (Å²) in [5.41, 5.74) is 2.38. The van der Waals surface area contributed by atoms with Crippen LogP contribution in [-0.4, -0.2) is 50.7 Å². The zero-order valence-corrected chi connectivity index (χ0v) is 18.7. The maximum atomic E-state index is 12.9. The lowest BCUT2D eigenvalue weighted by Crippen LogP contribution is -2.43. The monoisotopic (exact) mass is 440 g/mol. The van der Waals surface area contributed by atoms with E-state index in [1.54, 1.807) is 12.1 Å². The molecule has 1 fully saturated rings. The third-order valence-electron chi connectivity index (χ3n) is 5.44. The molecule has 31 heavy (non-hydrogen) atoms. The topological polar surface area (TPSA) is 93.5 Å². The normalized spacial score (nSPS) is 15.5. The highest BCUT2D eigenvalue weighted by Gasteiger charge is 2.33. The van der Waals surface area contributed by atoms with Gasteiger partial charge in [0.15, 0.2) is 0 Å². The van der Waals surface area contributed by atoms with Gasteiger partial charge in [-0.15, -0.1) is 0 Å². The van der Waals surface area contributed by atoms with Crippen LogP contribution >= 0.6 is 0 Å². The highest BCUT2D eigenvalue weighted by atomic mass is 32.2. The fourth-order valence-corrected chi connectivity index (χ4v) is 5.35. The number of rotatable bonds is 7. The first-order valence-corrected chi connectivity index (χ1v) is 11.7. The van der Waals surface area contributed by atoms with Crippen LogP contribution < -0.4 is 5.32 Å². The third kappa shape index (κ3) is 5.70. The number of amides is 1. The minimum atomic E-state index is -3.75. The average Bonchev–Trinajstić information content (AvgIpc) is 2.78. The molecule has 164 valence electrons. The second-order valence-corrected chi connectivity index (χ2v) is 9.96. The van der Waals surface area contributed by atoms with Crippen molar-refractivity contribution in [2.45, 2.75) is 30.8 Å². The van der Waals surface area contributed by atoms with Gasteiger partial charge < -0.3 is 10.2 Å². The van der Waals surface area contributed by atoms with Crippen molar-refractivity contribution < 1.29 is 13.2 Å². The van der Waals surface area contributed by atoms with Gasteiger partial charge >= 0.3 is 0 Å². The van der Waals surface area contributed by atoms with E-state index in [0.717, 1.165) is 12.1 Å². The van der Waals surface area contributed by atoms with Gasteiger partial charge in [0.25, 0.3) is 0 Å². The summed E-state index contributed by atoms with van der Waals surface area (Å²) in [7, 11) is 0.295. The van der Waals surface area contributed by atoms with Crippen LogP contribution in [0.4, 0.5) is 0 Å². The van der Waals surface area contributed by atoms with Crippen molar-refractivity contribution in [3.8, 4) is 6.07 Å². The molecule has 1 aliphatic rings. The standard InChI is InChI=1S/C23H28N4O3S/c1-26(2)17-19-9-7-18(8-10-19)16-25-23(28)20-11-13-27(14-12-20)31(29,30)22-6-4-3-5-21(22)15-24/h3-10,20H,11-14,16-17H2,1-2H3,(H,25,28). The fourth-order valence-electron chi connectivity index (χ4n) is 3.74. The molecule has 0 radical (unpaired) electrons. The Bertz CT molecular complexity index is 1050. The molecule has 0 unspecified atom stereocenters. The molecule has 1 saturated heterocycles. The third-order valence-corrected chi connectivity index (χ3v) is 7.40. The van der Waals surface area contributed by atoms with Crippen LogP contribution in [0.1, 0.15) is 29.5 Å². The van der Waals surface area contributed by atoms with E-state index in [4.69, 9.17) is 0 Å². The van der Waals surface area contributed by atoms with Crippen LogP contribution in [0.3, 0.4) is 0 Å². The van der Waals surface area contributed by atoms with Crippen LogP contribution in [0.5, 0.6) is 0 Å². The van der Waals surface area contributed by atoms with E-state index in [2.05, 4.69) is 22.3 Å². The molecule has 1 heterocycles. The van der Waals surface area contributed by atoms with E-state index >= 15 is 0 Å². The molecular formula is C23H28N4O3S. The van der Waals surface area contributed by atoms with Gasteiger partial charge in [0.05, 0.1) is 10.5 Å². The lowest BCUT2D eigenvalue weighted by molar-refractivity contribution is -0.126. The number of piperidine rings is 1. The number of nitriles is 1. The first-order chi connectivity index (χ1) is 14.8. The zero-order valence-electron chi connectivity index (χ0n) is 17.9. The quantitative estimate of drug-likeness (QED) is 0.713. The molecule has 3 rings (SSSR count). The number of nitrogens with one attached hydrogen (secondary N) is 1. The Hall–Kier alpha value is -2.73. The minimum absolute atomic E-state index is 0.0260. The summed E-state index contributed by atoms with van der Waals surface area (Å²) in [6.07, 6.45) is 0.920. The molecular weight excluding hydrogens is 412 g/mol. The van der Waals surface area contributed by atoms with E-state index in [1.165, 1.54) is 22.0 Å². The molecule has 0 saturated carbocycles. The summed E-state index contributed by atoms with van der Waals surface area (Å²) < 4.78 is 27.2. The zero-order chi connectivity index (χ0) is 22.4. The van der Waals surface area contributed by atoms with Crippen molar-refractivity contribution in [1.29, 1.82) is 5.26 Å². The number of nitrogens with zero attached hydrogens (tertiary/aromatic N) is 3. The molecule has 8 heteroatoms. The molecule has 2 aromatic rings. The van der Waals surface area contributed by atoms with Gasteiger partial charge in [-0.3, -0.25) is 4.79 Å². The molecule has 0 aromatic heterocycles. The summed E-state index contributed by atoms with van der Waals surface area (Å²) in [6.45, 7) is 1.85. The molecule has 1 N–H and O–H groups in total. The van der Waals surface area contributed by atoms with E-state index in [9.17, 15) is 18.5 Å². The number of sulfonamides is 1. The van der Waals surface area contributed by atoms with Gasteiger partial charge in [-0.1, -0.05) is 36.4 Å². The van der Waals surface area contributed by atoms with Gasteiger partial charge in [0.1, 0.15) is 6.07 Å². The van der Waals surface area contributed by atoms with E-state index < -0.39 is 10.0 Å². The van der Waals surface area contributed by atoms with Crippen LogP contribution in [0.25, 0.3) is 0 Å². The Morgan fingerprint density at radius 1 is 1.10 bits per heavy atom. The first-order valence-electron chi connectivity index (χ1n) is 10.3. The number of carbonyl (C=O) groups is 1. The van der Waals surface area contributed by atoms with E-state index in [-0.39, 0.29) is 35.4 Å². The van der Waals surface area contributed by atoms with Gasteiger partial charge in [0.2, 0.25) is 15.9 Å². The molecule has 1 amide bonds. The van der Waals surface area contributed by atoms with Crippen LogP contribution in [-0.2, 0) is 27.9 Å². The summed E-state index contributed by atoms with van der Waals surface area (Å²) in [5.74, 6) is -0.266. The number of benzene rings is 2. The van der Waals surface area contributed by atoms with Crippen molar-refractivity contribution >= 4 is 15.9 Å². The average molecular weight is 441 g/mol. The molecule has 7 nitrogen and oxygen atoms in total. The summed E-state index contributed by atoms with van der Waals surface area (Å²) >= 11 is 0. The summed E-state index contributed by atoms with van der Waals surface area (Å²) in [5, 5.41) is 12.2. The van der Waals surface area contributed by atoms with Crippen LogP contribution in [0, 0.1) is 17.2 Å². The maximum Gasteiger partial charge on any atom is 0.244 e. The largest absolute Gasteiger partial charge is 0.352 e. The highest BCUT2D eigenvalue weighted by molar-refractivity contribution is 7.89. The van der Waals surface area contributed by atoms with Crippen molar-refractivity contribution in [2.75, 3.05) is 27.2 Å². The predicted octanol–water partition coefficient (Wildman–Crippen LogP) is 2.34. The Balaban J connectivity index is 1.53. The van der Waals surface area contributed by atoms with Gasteiger partial charge in [-0.2, -0.15) is 9.57 Å². The van der Waals surface area contributed by atoms with E-state index in [1.807, 2.05) is 32.3 Å². The Morgan fingerprint density at radius 3 is 2.32 bits per heavy atom. The van der Waals surface area contributed by atoms with E-state index in [0.29, 0.717) is 19.4 Å². The molecule has 0 atom stereocenters.